The van der Waals surface area contributed by atoms with Gasteiger partial charge in [-0.25, -0.2) is 0 Å². The average molecular weight is 611 g/mol. The number of nitrogen functional groups attached to an aromatic ring is 2. The molecule has 0 saturated heterocycles. The van der Waals surface area contributed by atoms with E-state index in [4.69, 9.17) is 30.4 Å². The number of aryl methyl sites for hydroxylation is 4. The van der Waals surface area contributed by atoms with Crippen LogP contribution in [0, 0.1) is 27.7 Å². The molecule has 6 rings (SSSR count). The molecule has 45 heavy (non-hydrogen) atoms. The van der Waals surface area contributed by atoms with Crippen molar-refractivity contribution in [1.29, 1.82) is 0 Å². The molecule has 0 bridgehead atoms. The number of ether oxygens (including phenoxy) is 4. The summed E-state index contributed by atoms with van der Waals surface area (Å²) in [6, 6.07) is 13.9. The Morgan fingerprint density at radius 1 is 0.600 bits per heavy atom. The monoisotopic (exact) mass is 610 g/mol. The van der Waals surface area contributed by atoms with Gasteiger partial charge in [0.2, 0.25) is 0 Å². The molecular formula is C37H42N2O6. The highest BCUT2D eigenvalue weighted by atomic mass is 16.7. The van der Waals surface area contributed by atoms with Gasteiger partial charge < -0.3 is 40.6 Å². The Balaban J connectivity index is 1.50. The van der Waals surface area contributed by atoms with Crippen molar-refractivity contribution in [3.63, 3.8) is 0 Å². The van der Waals surface area contributed by atoms with Crippen LogP contribution in [0.25, 0.3) is 0 Å². The molecule has 0 atom stereocenters. The summed E-state index contributed by atoms with van der Waals surface area (Å²) in [6.07, 6.45) is 1.16. The van der Waals surface area contributed by atoms with Crippen LogP contribution in [0.3, 0.4) is 0 Å². The Labute approximate surface area is 264 Å². The van der Waals surface area contributed by atoms with Crippen molar-refractivity contribution in [2.24, 2.45) is 0 Å². The Bertz CT molecular complexity index is 1720. The van der Waals surface area contributed by atoms with Crippen LogP contribution in [-0.2, 0) is 10.8 Å². The standard InChI is InChI=1S/C37H42N2O6/c1-19-13-21(3)31(42-23-9-11-25(38)27(40)15-23)33-29(19)35(5,6)17-37(44-33)18-36(7,8)30-20(2)14-22(4)32(34(30)45-37)43-24-10-12-26(39)28(41)16-24/h9-16,40-41H,17-18,38-39H2,1-8H3. The number of rotatable bonds is 4. The fourth-order valence-corrected chi connectivity index (χ4v) is 7.53. The predicted molar refractivity (Wildman–Crippen MR) is 176 cm³/mol. The molecule has 4 aromatic rings. The third-order valence-electron chi connectivity index (χ3n) is 9.03. The third-order valence-corrected chi connectivity index (χ3v) is 9.03. The number of fused-ring (bicyclic) bond motifs is 2. The van der Waals surface area contributed by atoms with E-state index in [1.54, 1.807) is 24.3 Å². The summed E-state index contributed by atoms with van der Waals surface area (Å²) >= 11 is 0. The molecule has 2 aliphatic heterocycles. The first kappa shape index (κ1) is 30.3. The van der Waals surface area contributed by atoms with E-state index < -0.39 is 5.79 Å². The molecule has 8 heteroatoms. The lowest BCUT2D eigenvalue weighted by Crippen LogP contribution is -2.56. The Kier molecular flexibility index (Phi) is 6.84. The van der Waals surface area contributed by atoms with Crippen LogP contribution in [0.2, 0.25) is 0 Å². The molecule has 0 aromatic heterocycles. The maximum atomic E-state index is 10.3. The zero-order chi connectivity index (χ0) is 32.6. The number of phenols is 2. The van der Waals surface area contributed by atoms with Gasteiger partial charge in [-0.05, 0) is 74.2 Å². The third kappa shape index (κ3) is 5.12. The van der Waals surface area contributed by atoms with Crippen molar-refractivity contribution < 1.29 is 29.2 Å². The molecule has 1 spiro atoms. The van der Waals surface area contributed by atoms with Gasteiger partial charge in [0.05, 0.1) is 11.4 Å². The summed E-state index contributed by atoms with van der Waals surface area (Å²) in [7, 11) is 0. The molecule has 0 aliphatic carbocycles. The van der Waals surface area contributed by atoms with Crippen LogP contribution < -0.4 is 30.4 Å². The van der Waals surface area contributed by atoms with Crippen LogP contribution in [0.5, 0.6) is 46.0 Å². The quantitative estimate of drug-likeness (QED) is 0.134. The fourth-order valence-electron chi connectivity index (χ4n) is 7.53. The molecule has 0 unspecified atom stereocenters. The molecule has 0 saturated carbocycles. The van der Waals surface area contributed by atoms with E-state index >= 15 is 0 Å². The topological polar surface area (TPSA) is 129 Å². The molecule has 8 nitrogen and oxygen atoms in total. The highest BCUT2D eigenvalue weighted by Gasteiger charge is 2.55. The second-order valence-electron chi connectivity index (χ2n) is 14.0. The fraction of sp³-hybridized carbons (Fsp3) is 0.351. The summed E-state index contributed by atoms with van der Waals surface area (Å²) in [5.74, 6) is 2.10. The molecule has 0 radical (unpaired) electrons. The van der Waals surface area contributed by atoms with E-state index in [9.17, 15) is 10.2 Å². The van der Waals surface area contributed by atoms with Crippen LogP contribution in [-0.4, -0.2) is 16.0 Å². The minimum atomic E-state index is -1.06. The van der Waals surface area contributed by atoms with Gasteiger partial charge in [-0.3, -0.25) is 0 Å². The van der Waals surface area contributed by atoms with Crippen LogP contribution in [0.15, 0.2) is 48.5 Å². The first-order chi connectivity index (χ1) is 21.0. The predicted octanol–water partition coefficient (Wildman–Crippen LogP) is 8.60. The van der Waals surface area contributed by atoms with E-state index in [0.29, 0.717) is 47.3 Å². The molecule has 0 amide bonds. The number of hydrogen-bond donors (Lipinski definition) is 4. The lowest BCUT2D eigenvalue weighted by Gasteiger charge is -2.52. The molecule has 2 heterocycles. The maximum absolute atomic E-state index is 10.3. The molecular weight excluding hydrogens is 568 g/mol. The largest absolute Gasteiger partial charge is 0.506 e. The van der Waals surface area contributed by atoms with Gasteiger partial charge in [0.1, 0.15) is 23.0 Å². The first-order valence-electron chi connectivity index (χ1n) is 15.2. The number of benzene rings is 4. The lowest BCUT2D eigenvalue weighted by molar-refractivity contribution is -0.168. The van der Waals surface area contributed by atoms with Gasteiger partial charge >= 0.3 is 0 Å². The smallest absolute Gasteiger partial charge is 0.253 e. The van der Waals surface area contributed by atoms with Gasteiger partial charge in [-0.15, -0.1) is 0 Å². The van der Waals surface area contributed by atoms with Crippen LogP contribution in [0.4, 0.5) is 11.4 Å². The Morgan fingerprint density at radius 2 is 0.978 bits per heavy atom. The Hall–Kier alpha value is -4.72. The summed E-state index contributed by atoms with van der Waals surface area (Å²) in [6.45, 7) is 17.0. The van der Waals surface area contributed by atoms with Gasteiger partial charge in [0.15, 0.2) is 23.0 Å². The SMILES string of the molecule is Cc1cc(C)c2c(c1Oc1ccc(N)c(O)c1)OC1(CC2(C)C)CC(C)(C)c2c(C)cc(C)c(Oc3ccc(N)c(O)c3)c2O1. The Morgan fingerprint density at radius 3 is 1.33 bits per heavy atom. The number of nitrogens with two attached hydrogens (primary N) is 2. The summed E-state index contributed by atoms with van der Waals surface area (Å²) in [4.78, 5) is 0. The zero-order valence-electron chi connectivity index (χ0n) is 27.2. The number of aromatic hydroxyl groups is 2. The van der Waals surface area contributed by atoms with Gasteiger partial charge in [-0.1, -0.05) is 39.8 Å². The zero-order valence-corrected chi connectivity index (χ0v) is 27.2. The number of anilines is 2. The molecule has 4 aromatic carbocycles. The van der Waals surface area contributed by atoms with Crippen molar-refractivity contribution in [2.75, 3.05) is 11.5 Å². The second kappa shape index (κ2) is 10.2. The number of phenolic OH excluding ortho intramolecular Hbond substituents is 2. The van der Waals surface area contributed by atoms with E-state index in [-0.39, 0.29) is 33.7 Å². The van der Waals surface area contributed by atoms with E-state index in [0.717, 1.165) is 33.4 Å². The minimum Gasteiger partial charge on any atom is -0.506 e. The van der Waals surface area contributed by atoms with E-state index in [1.165, 1.54) is 12.1 Å². The van der Waals surface area contributed by atoms with Crippen molar-refractivity contribution in [1.82, 2.24) is 0 Å². The van der Waals surface area contributed by atoms with E-state index in [1.807, 2.05) is 13.8 Å². The molecule has 6 N–H and O–H groups in total. The summed E-state index contributed by atoms with van der Waals surface area (Å²) < 4.78 is 27.1. The normalized spacial score (nSPS) is 17.1. The van der Waals surface area contributed by atoms with Crippen LogP contribution in [0.1, 0.15) is 73.9 Å². The highest BCUT2D eigenvalue weighted by molar-refractivity contribution is 5.64. The summed E-state index contributed by atoms with van der Waals surface area (Å²) in [5.41, 5.74) is 17.6. The maximum Gasteiger partial charge on any atom is 0.253 e. The highest BCUT2D eigenvalue weighted by Crippen LogP contribution is 2.59. The molecule has 0 fully saturated rings. The number of hydrogen-bond acceptors (Lipinski definition) is 8. The van der Waals surface area contributed by atoms with Crippen LogP contribution >= 0.6 is 0 Å². The molecule has 2 aliphatic rings. The van der Waals surface area contributed by atoms with Crippen molar-refractivity contribution in [3.05, 3.63) is 81.9 Å². The van der Waals surface area contributed by atoms with Gasteiger partial charge in [0.25, 0.3) is 5.79 Å². The van der Waals surface area contributed by atoms with Gasteiger partial charge in [-0.2, -0.15) is 0 Å². The van der Waals surface area contributed by atoms with Crippen molar-refractivity contribution >= 4 is 11.4 Å². The lowest BCUT2D eigenvalue weighted by atomic mass is 9.67. The minimum absolute atomic E-state index is 0.0505. The van der Waals surface area contributed by atoms with Crippen molar-refractivity contribution in [3.8, 4) is 46.0 Å². The second-order valence-corrected chi connectivity index (χ2v) is 14.0. The van der Waals surface area contributed by atoms with E-state index in [2.05, 4.69) is 53.7 Å². The van der Waals surface area contributed by atoms with Crippen molar-refractivity contribution in [2.45, 2.75) is 84.8 Å². The average Bonchev–Trinajstić information content (AvgIpc) is 2.90. The van der Waals surface area contributed by atoms with Gasteiger partial charge in [0, 0.05) is 46.9 Å². The summed E-state index contributed by atoms with van der Waals surface area (Å²) in [5, 5.41) is 20.6. The first-order valence-corrected chi connectivity index (χ1v) is 15.2. The molecule has 236 valence electrons.